The second-order valence-electron chi connectivity index (χ2n) is 12.9. The van der Waals surface area contributed by atoms with Gasteiger partial charge in [0.25, 0.3) is 0 Å². The minimum atomic E-state index is -0.0523. The average Bonchev–Trinajstić information content (AvgIpc) is 2.99. The van der Waals surface area contributed by atoms with Gasteiger partial charge in [-0.15, -0.1) is 0 Å². The zero-order valence-electron chi connectivity index (χ0n) is 28.1. The van der Waals surface area contributed by atoms with E-state index in [-0.39, 0.29) is 5.78 Å². The number of aryl methyl sites for hydroxylation is 1. The van der Waals surface area contributed by atoms with Crippen LogP contribution in [-0.4, -0.2) is 33.7 Å². The summed E-state index contributed by atoms with van der Waals surface area (Å²) >= 11 is 0. The molecule has 0 fully saturated rings. The second kappa shape index (κ2) is 17.4. The molecule has 2 aromatic rings. The number of rotatable bonds is 19. The summed E-state index contributed by atoms with van der Waals surface area (Å²) in [6.45, 7) is 12.1. The van der Waals surface area contributed by atoms with E-state index in [1.807, 2.05) is 18.2 Å². The van der Waals surface area contributed by atoms with E-state index < -0.39 is 0 Å². The van der Waals surface area contributed by atoms with E-state index in [4.69, 9.17) is 18.9 Å². The monoisotopic (exact) mass is 592 g/mol. The number of allylic oxidation sites excluding steroid dienone is 2. The van der Waals surface area contributed by atoms with Crippen LogP contribution in [0.5, 0.6) is 17.2 Å². The van der Waals surface area contributed by atoms with E-state index >= 15 is 0 Å². The summed E-state index contributed by atoms with van der Waals surface area (Å²) < 4.78 is 23.0. The first-order valence-electron chi connectivity index (χ1n) is 16.5. The Bertz CT molecular complexity index is 1190. The van der Waals surface area contributed by atoms with Crippen LogP contribution in [0.25, 0.3) is 5.57 Å². The number of fused-ring (bicyclic) bond motifs is 1. The van der Waals surface area contributed by atoms with E-state index in [9.17, 15) is 4.79 Å². The van der Waals surface area contributed by atoms with Crippen LogP contribution < -0.4 is 14.2 Å². The molecule has 2 unspecified atom stereocenters. The fourth-order valence-corrected chi connectivity index (χ4v) is 6.05. The molecule has 2 aromatic carbocycles. The molecule has 0 radical (unpaired) electrons. The molecule has 0 bridgehead atoms. The number of hydrogen-bond acceptors (Lipinski definition) is 5. The molecule has 5 heteroatoms. The van der Waals surface area contributed by atoms with Crippen molar-refractivity contribution in [3.63, 3.8) is 0 Å². The second-order valence-corrected chi connectivity index (χ2v) is 12.9. The number of ketones is 1. The Kier molecular flexibility index (Phi) is 14.0. The van der Waals surface area contributed by atoms with Gasteiger partial charge in [0.15, 0.2) is 17.3 Å². The third-order valence-corrected chi connectivity index (χ3v) is 8.82. The van der Waals surface area contributed by atoms with E-state index in [0.29, 0.717) is 42.0 Å². The number of methoxy groups -OCH3 is 3. The summed E-state index contributed by atoms with van der Waals surface area (Å²) in [5.74, 6) is 4.35. The van der Waals surface area contributed by atoms with Crippen LogP contribution in [0.4, 0.5) is 0 Å². The van der Waals surface area contributed by atoms with Crippen LogP contribution in [0.3, 0.4) is 0 Å². The lowest BCUT2D eigenvalue weighted by molar-refractivity contribution is 0.0913. The van der Waals surface area contributed by atoms with Crippen molar-refractivity contribution in [2.75, 3.05) is 27.9 Å². The topological polar surface area (TPSA) is 54.0 Å². The minimum absolute atomic E-state index is 0.0523. The van der Waals surface area contributed by atoms with E-state index in [1.54, 1.807) is 21.3 Å². The number of hydrogen-bond donors (Lipinski definition) is 0. The van der Waals surface area contributed by atoms with Gasteiger partial charge in [-0.25, -0.2) is 0 Å². The van der Waals surface area contributed by atoms with Crippen molar-refractivity contribution < 1.29 is 23.7 Å². The van der Waals surface area contributed by atoms with Gasteiger partial charge in [-0.05, 0) is 65.8 Å². The lowest BCUT2D eigenvalue weighted by Gasteiger charge is -2.24. The molecule has 0 aliphatic heterocycles. The Morgan fingerprint density at radius 2 is 1.40 bits per heavy atom. The van der Waals surface area contributed by atoms with Gasteiger partial charge in [0.05, 0.1) is 27.9 Å². The molecule has 2 atom stereocenters. The molecule has 0 N–H and O–H groups in total. The summed E-state index contributed by atoms with van der Waals surface area (Å²) in [4.78, 5) is 13.8. The number of ether oxygens (including phenoxy) is 4. The molecule has 1 aliphatic carbocycles. The van der Waals surface area contributed by atoms with Crippen LogP contribution >= 0.6 is 0 Å². The summed E-state index contributed by atoms with van der Waals surface area (Å²) in [5.41, 5.74) is 4.79. The highest BCUT2D eigenvalue weighted by Gasteiger charge is 2.30. The Morgan fingerprint density at radius 1 is 0.767 bits per heavy atom. The van der Waals surface area contributed by atoms with Gasteiger partial charge in [0, 0.05) is 17.6 Å². The predicted molar refractivity (Wildman–Crippen MR) is 178 cm³/mol. The summed E-state index contributed by atoms with van der Waals surface area (Å²) in [7, 11) is 4.81. The third kappa shape index (κ3) is 9.78. The molecule has 0 saturated carbocycles. The largest absolute Gasteiger partial charge is 0.493 e. The number of carbonyl (C=O) groups is 1. The van der Waals surface area contributed by atoms with Crippen LogP contribution in [0.2, 0.25) is 0 Å². The molecule has 0 aromatic heterocycles. The Balaban J connectivity index is 1.73. The van der Waals surface area contributed by atoms with Gasteiger partial charge < -0.3 is 18.9 Å². The molecule has 0 heterocycles. The first-order chi connectivity index (χ1) is 20.7. The van der Waals surface area contributed by atoms with E-state index in [1.165, 1.54) is 44.1 Å². The van der Waals surface area contributed by atoms with Gasteiger partial charge in [-0.2, -0.15) is 0 Å². The van der Waals surface area contributed by atoms with Gasteiger partial charge >= 0.3 is 0 Å². The highest BCUT2D eigenvalue weighted by Crippen LogP contribution is 2.43. The standard InChI is InChI=1S/C38H56O5/c1-9-10-21-43-37-33(31-24-34(40-6)38(42-8)35(25-31)41-7)23-30-22-29(19-20-32(30)36(37)39)18-17-28(5)16-12-15-27(4)14-11-13-26(2)3/h19-20,22,24-28H,9-18,21,23H2,1-8H3. The maximum absolute atomic E-state index is 13.8. The van der Waals surface area contributed by atoms with Gasteiger partial charge in [-0.3, -0.25) is 4.79 Å². The Morgan fingerprint density at radius 3 is 1.98 bits per heavy atom. The van der Waals surface area contributed by atoms with Crippen molar-refractivity contribution in [2.24, 2.45) is 17.8 Å². The predicted octanol–water partition coefficient (Wildman–Crippen LogP) is 9.88. The quantitative estimate of drug-likeness (QED) is 0.152. The molecule has 0 amide bonds. The molecule has 0 spiro atoms. The van der Waals surface area contributed by atoms with Crippen LogP contribution in [0.1, 0.15) is 119 Å². The molecule has 43 heavy (non-hydrogen) atoms. The molecule has 238 valence electrons. The molecular formula is C38H56O5. The zero-order chi connectivity index (χ0) is 31.4. The van der Waals surface area contributed by atoms with E-state index in [0.717, 1.165) is 59.8 Å². The van der Waals surface area contributed by atoms with Crippen LogP contribution in [-0.2, 0) is 17.6 Å². The van der Waals surface area contributed by atoms with Crippen molar-refractivity contribution >= 4 is 11.4 Å². The zero-order valence-corrected chi connectivity index (χ0v) is 28.1. The van der Waals surface area contributed by atoms with Crippen molar-refractivity contribution in [2.45, 2.75) is 105 Å². The third-order valence-electron chi connectivity index (χ3n) is 8.82. The van der Waals surface area contributed by atoms with Crippen molar-refractivity contribution in [3.8, 4) is 17.2 Å². The minimum Gasteiger partial charge on any atom is -0.493 e. The number of Topliss-reactive ketones (excluding diaryl/α,β-unsaturated/α-hetero) is 1. The molecule has 5 nitrogen and oxygen atoms in total. The van der Waals surface area contributed by atoms with Gasteiger partial charge in [0.1, 0.15) is 0 Å². The van der Waals surface area contributed by atoms with Gasteiger partial charge in [-0.1, -0.05) is 97.8 Å². The average molecular weight is 593 g/mol. The number of unbranched alkanes of at least 4 members (excludes halogenated alkanes) is 1. The smallest absolute Gasteiger partial charge is 0.228 e. The van der Waals surface area contributed by atoms with Crippen LogP contribution in [0.15, 0.2) is 36.1 Å². The number of carbonyl (C=O) groups excluding carboxylic acids is 1. The first-order valence-corrected chi connectivity index (χ1v) is 16.5. The van der Waals surface area contributed by atoms with E-state index in [2.05, 4.69) is 46.8 Å². The number of benzene rings is 2. The first kappa shape index (κ1) is 34.5. The van der Waals surface area contributed by atoms with Crippen LogP contribution in [0, 0.1) is 17.8 Å². The summed E-state index contributed by atoms with van der Waals surface area (Å²) in [6, 6.07) is 10.2. The molecule has 3 rings (SSSR count). The Hall–Kier alpha value is -2.95. The lowest BCUT2D eigenvalue weighted by atomic mass is 9.84. The fraction of sp³-hybridized carbons (Fsp3) is 0.605. The van der Waals surface area contributed by atoms with Crippen molar-refractivity contribution in [1.82, 2.24) is 0 Å². The fourth-order valence-electron chi connectivity index (χ4n) is 6.05. The highest BCUT2D eigenvalue weighted by atomic mass is 16.5. The van der Waals surface area contributed by atoms with Crippen molar-refractivity contribution in [1.29, 1.82) is 0 Å². The lowest BCUT2D eigenvalue weighted by Crippen LogP contribution is -2.19. The van der Waals surface area contributed by atoms with Crippen molar-refractivity contribution in [3.05, 3.63) is 58.3 Å². The molecule has 1 aliphatic rings. The maximum atomic E-state index is 13.8. The normalized spacial score (nSPS) is 14.5. The van der Waals surface area contributed by atoms with Gasteiger partial charge in [0.2, 0.25) is 11.5 Å². The maximum Gasteiger partial charge on any atom is 0.228 e. The highest BCUT2D eigenvalue weighted by molar-refractivity contribution is 6.15. The summed E-state index contributed by atoms with van der Waals surface area (Å²) in [6.07, 6.45) is 12.7. The Labute approximate surface area is 261 Å². The molecular weight excluding hydrogens is 536 g/mol. The molecule has 0 saturated heterocycles. The summed E-state index contributed by atoms with van der Waals surface area (Å²) in [5, 5.41) is 0. The SMILES string of the molecule is CCCCOC1=C(c2cc(OC)c(OC)c(OC)c2)Cc2cc(CCC(C)CCCC(C)CCCC(C)C)ccc2C1=O.